The highest BCUT2D eigenvalue weighted by atomic mass is 16.3. The van der Waals surface area contributed by atoms with E-state index in [-0.39, 0.29) is 0 Å². The van der Waals surface area contributed by atoms with E-state index in [9.17, 15) is 0 Å². The Balaban J connectivity index is 1.05. The fraction of sp³-hybridized carbons (Fsp3) is 0. The molecule has 10 aromatic rings. The molecular weight excluding hydrogens is 655 g/mol. The minimum absolute atomic E-state index is 0.909. The summed E-state index contributed by atoms with van der Waals surface area (Å²) in [4.78, 5) is 2.36. The van der Waals surface area contributed by atoms with Crippen molar-refractivity contribution in [2.75, 3.05) is 4.90 Å². The van der Waals surface area contributed by atoms with Crippen LogP contribution in [-0.4, -0.2) is 0 Å². The summed E-state index contributed by atoms with van der Waals surface area (Å²) in [5.74, 6) is 0. The second-order valence-electron chi connectivity index (χ2n) is 13.8. The van der Waals surface area contributed by atoms with E-state index in [1.165, 1.54) is 55.3 Å². The zero-order valence-corrected chi connectivity index (χ0v) is 29.6. The van der Waals surface area contributed by atoms with Gasteiger partial charge in [0, 0.05) is 27.8 Å². The molecule has 254 valence electrons. The molecule has 0 spiro atoms. The molecule has 2 nitrogen and oxygen atoms in total. The van der Waals surface area contributed by atoms with E-state index < -0.39 is 0 Å². The maximum Gasteiger partial charge on any atom is 0.136 e. The molecule has 0 aliphatic rings. The summed E-state index contributed by atoms with van der Waals surface area (Å²) in [6.45, 7) is 0. The number of furan rings is 1. The standard InChI is InChI=1S/C52H35NO/c1-3-10-36(11-4-1)38-18-20-40(21-19-38)41-26-29-45(30-27-41)53(46-15-9-14-43(34-46)42-24-22-39(23-25-42)37-12-5-2-6-13-37)47-31-32-48-44(35-47)28-33-51-52(48)49-16-7-8-17-50(49)54-51/h1-35H. The molecule has 0 aliphatic heterocycles. The minimum atomic E-state index is 0.909. The van der Waals surface area contributed by atoms with Gasteiger partial charge in [0.2, 0.25) is 0 Å². The maximum atomic E-state index is 6.23. The topological polar surface area (TPSA) is 16.4 Å². The summed E-state index contributed by atoms with van der Waals surface area (Å²) < 4.78 is 6.23. The normalized spacial score (nSPS) is 11.3. The zero-order valence-electron chi connectivity index (χ0n) is 29.6. The van der Waals surface area contributed by atoms with Gasteiger partial charge < -0.3 is 9.32 Å². The number of fused-ring (bicyclic) bond motifs is 5. The Morgan fingerprint density at radius 2 is 0.759 bits per heavy atom. The lowest BCUT2D eigenvalue weighted by atomic mass is 9.99. The van der Waals surface area contributed by atoms with Crippen LogP contribution < -0.4 is 4.90 Å². The quantitative estimate of drug-likeness (QED) is 0.166. The molecule has 0 atom stereocenters. The van der Waals surface area contributed by atoms with Gasteiger partial charge in [-0.05, 0) is 104 Å². The van der Waals surface area contributed by atoms with Crippen molar-refractivity contribution in [3.8, 4) is 44.5 Å². The van der Waals surface area contributed by atoms with Crippen LogP contribution in [0.3, 0.4) is 0 Å². The molecule has 0 saturated carbocycles. The van der Waals surface area contributed by atoms with Crippen molar-refractivity contribution in [3.63, 3.8) is 0 Å². The molecule has 0 bridgehead atoms. The van der Waals surface area contributed by atoms with E-state index in [4.69, 9.17) is 4.42 Å². The van der Waals surface area contributed by atoms with Gasteiger partial charge >= 0.3 is 0 Å². The highest BCUT2D eigenvalue weighted by Gasteiger charge is 2.17. The lowest BCUT2D eigenvalue weighted by molar-refractivity contribution is 0.669. The lowest BCUT2D eigenvalue weighted by Gasteiger charge is -2.26. The summed E-state index contributed by atoms with van der Waals surface area (Å²) in [7, 11) is 0. The fourth-order valence-electron chi connectivity index (χ4n) is 7.73. The second-order valence-corrected chi connectivity index (χ2v) is 13.8. The van der Waals surface area contributed by atoms with Crippen molar-refractivity contribution in [3.05, 3.63) is 212 Å². The van der Waals surface area contributed by atoms with Crippen LogP contribution in [0.1, 0.15) is 0 Å². The van der Waals surface area contributed by atoms with Gasteiger partial charge in [-0.3, -0.25) is 0 Å². The van der Waals surface area contributed by atoms with Crippen molar-refractivity contribution in [2.24, 2.45) is 0 Å². The maximum absolute atomic E-state index is 6.23. The molecule has 0 unspecified atom stereocenters. The van der Waals surface area contributed by atoms with E-state index in [1.54, 1.807) is 0 Å². The van der Waals surface area contributed by atoms with Gasteiger partial charge in [0.15, 0.2) is 0 Å². The number of nitrogens with zero attached hydrogens (tertiary/aromatic N) is 1. The molecule has 9 aromatic carbocycles. The smallest absolute Gasteiger partial charge is 0.136 e. The third-order valence-electron chi connectivity index (χ3n) is 10.5. The van der Waals surface area contributed by atoms with E-state index in [0.717, 1.165) is 39.0 Å². The third kappa shape index (κ3) is 5.81. The van der Waals surface area contributed by atoms with E-state index in [2.05, 4.69) is 205 Å². The van der Waals surface area contributed by atoms with Crippen molar-refractivity contribution >= 4 is 49.8 Å². The van der Waals surface area contributed by atoms with E-state index >= 15 is 0 Å². The monoisotopic (exact) mass is 689 g/mol. The van der Waals surface area contributed by atoms with Gasteiger partial charge in [0.05, 0.1) is 0 Å². The van der Waals surface area contributed by atoms with Gasteiger partial charge in [-0.2, -0.15) is 0 Å². The molecule has 0 radical (unpaired) electrons. The number of para-hydroxylation sites is 1. The molecule has 1 heterocycles. The van der Waals surface area contributed by atoms with Gasteiger partial charge in [-0.15, -0.1) is 0 Å². The van der Waals surface area contributed by atoms with Crippen LogP contribution >= 0.6 is 0 Å². The Bertz CT molecular complexity index is 2890. The molecule has 0 N–H and O–H groups in total. The first kappa shape index (κ1) is 31.6. The SMILES string of the molecule is c1ccc(-c2ccc(-c3ccc(N(c4cccc(-c5ccc(-c6ccccc6)cc5)c4)c4ccc5c(ccc6oc7ccccc7c65)c4)cc3)cc2)cc1. The van der Waals surface area contributed by atoms with Gasteiger partial charge in [0.1, 0.15) is 11.2 Å². The first-order chi connectivity index (χ1) is 26.7. The number of hydrogen-bond donors (Lipinski definition) is 0. The number of hydrogen-bond acceptors (Lipinski definition) is 2. The molecular formula is C52H35NO. The van der Waals surface area contributed by atoms with Crippen LogP contribution in [0.25, 0.3) is 77.2 Å². The summed E-state index contributed by atoms with van der Waals surface area (Å²) in [6, 6.07) is 75.9. The van der Waals surface area contributed by atoms with Gasteiger partial charge in [0.25, 0.3) is 0 Å². The molecule has 10 rings (SSSR count). The predicted molar refractivity (Wildman–Crippen MR) is 228 cm³/mol. The van der Waals surface area contributed by atoms with Crippen molar-refractivity contribution < 1.29 is 4.42 Å². The summed E-state index contributed by atoms with van der Waals surface area (Å²) in [5.41, 5.74) is 14.7. The third-order valence-corrected chi connectivity index (χ3v) is 10.5. The molecule has 1 aromatic heterocycles. The first-order valence-electron chi connectivity index (χ1n) is 18.4. The van der Waals surface area contributed by atoms with Crippen molar-refractivity contribution in [2.45, 2.75) is 0 Å². The molecule has 0 aliphatic carbocycles. The highest BCUT2D eigenvalue weighted by molar-refractivity contribution is 6.19. The lowest BCUT2D eigenvalue weighted by Crippen LogP contribution is -2.10. The Kier molecular flexibility index (Phi) is 7.85. The van der Waals surface area contributed by atoms with Crippen LogP contribution in [0.2, 0.25) is 0 Å². The average molecular weight is 690 g/mol. The molecule has 2 heteroatoms. The van der Waals surface area contributed by atoms with E-state index in [1.807, 2.05) is 12.1 Å². The first-order valence-corrected chi connectivity index (χ1v) is 18.4. The van der Waals surface area contributed by atoms with Crippen molar-refractivity contribution in [1.29, 1.82) is 0 Å². The summed E-state index contributed by atoms with van der Waals surface area (Å²) in [6.07, 6.45) is 0. The van der Waals surface area contributed by atoms with Crippen LogP contribution in [0.5, 0.6) is 0 Å². The Morgan fingerprint density at radius 1 is 0.278 bits per heavy atom. The average Bonchev–Trinajstić information content (AvgIpc) is 3.64. The largest absolute Gasteiger partial charge is 0.456 e. The predicted octanol–water partition coefficient (Wildman–Crippen LogP) is 14.9. The van der Waals surface area contributed by atoms with Crippen LogP contribution in [0.15, 0.2) is 217 Å². The summed E-state index contributed by atoms with van der Waals surface area (Å²) >= 11 is 0. The molecule has 0 fully saturated rings. The number of rotatable bonds is 7. The van der Waals surface area contributed by atoms with Gasteiger partial charge in [-0.25, -0.2) is 0 Å². The summed E-state index contributed by atoms with van der Waals surface area (Å²) in [5, 5.41) is 4.65. The number of anilines is 3. The van der Waals surface area contributed by atoms with Crippen LogP contribution in [0.4, 0.5) is 17.1 Å². The number of benzene rings is 9. The highest BCUT2D eigenvalue weighted by Crippen LogP contribution is 2.41. The molecule has 54 heavy (non-hydrogen) atoms. The van der Waals surface area contributed by atoms with Gasteiger partial charge in [-0.1, -0.05) is 164 Å². The van der Waals surface area contributed by atoms with Crippen LogP contribution in [0, 0.1) is 0 Å². The van der Waals surface area contributed by atoms with Crippen LogP contribution in [-0.2, 0) is 0 Å². The second kappa shape index (κ2) is 13.4. The Labute approximate surface area is 314 Å². The van der Waals surface area contributed by atoms with Crippen molar-refractivity contribution in [1.82, 2.24) is 0 Å². The molecule has 0 amide bonds. The zero-order chi connectivity index (χ0) is 35.8. The Hall–Kier alpha value is -7.16. The van der Waals surface area contributed by atoms with E-state index in [0.29, 0.717) is 0 Å². The minimum Gasteiger partial charge on any atom is -0.456 e. The fourth-order valence-corrected chi connectivity index (χ4v) is 7.73. The molecule has 0 saturated heterocycles. The Morgan fingerprint density at radius 3 is 1.39 bits per heavy atom.